The van der Waals surface area contributed by atoms with E-state index >= 15 is 4.39 Å². The molecule has 39 heavy (non-hydrogen) atoms. The van der Waals surface area contributed by atoms with Crippen LogP contribution in [0.5, 0.6) is 0 Å². The van der Waals surface area contributed by atoms with Gasteiger partial charge in [0, 0.05) is 23.7 Å². The molecule has 1 heterocycles. The molecule has 1 fully saturated rings. The van der Waals surface area contributed by atoms with Gasteiger partial charge in [-0.05, 0) is 56.0 Å². The van der Waals surface area contributed by atoms with Gasteiger partial charge in [0.1, 0.15) is 11.6 Å². The Morgan fingerprint density at radius 2 is 1.77 bits per heavy atom. The topological polar surface area (TPSA) is 107 Å². The number of nitrogens with one attached hydrogen (secondary N) is 2. The second-order valence-corrected chi connectivity index (χ2v) is 10.3. The van der Waals surface area contributed by atoms with E-state index in [9.17, 15) is 19.1 Å². The average molecular weight is 538 g/mol. The van der Waals surface area contributed by atoms with Crippen LogP contribution in [0.4, 0.5) is 30.8 Å². The number of benzene rings is 2. The summed E-state index contributed by atoms with van der Waals surface area (Å²) in [5.74, 6) is -2.25. The highest BCUT2D eigenvalue weighted by Crippen LogP contribution is 2.39. The molecule has 0 radical (unpaired) electrons. The van der Waals surface area contributed by atoms with Crippen LogP contribution in [0, 0.1) is 24.5 Å². The van der Waals surface area contributed by atoms with Crippen LogP contribution >= 0.6 is 0 Å². The summed E-state index contributed by atoms with van der Waals surface area (Å²) in [6.45, 7) is 6.55. The molecular formula is C29H33F2N5O3. The first-order chi connectivity index (χ1) is 18.6. The van der Waals surface area contributed by atoms with Crippen LogP contribution in [0.3, 0.4) is 0 Å². The molecule has 3 aromatic rings. The molecule has 0 unspecified atom stereocenters. The Kier molecular flexibility index (Phi) is 8.73. The summed E-state index contributed by atoms with van der Waals surface area (Å²) in [6.07, 6.45) is 8.07. The van der Waals surface area contributed by atoms with Gasteiger partial charge >= 0.3 is 12.0 Å². The maximum absolute atomic E-state index is 15.8. The van der Waals surface area contributed by atoms with Gasteiger partial charge in [-0.3, -0.25) is 10.3 Å². The minimum absolute atomic E-state index is 0.118. The fourth-order valence-electron chi connectivity index (χ4n) is 4.99. The summed E-state index contributed by atoms with van der Waals surface area (Å²) in [4.78, 5) is 35.3. The molecule has 0 spiro atoms. The molecule has 1 aliphatic carbocycles. The standard InChI is InChI=1S/C29H33F2N5O3/c1-17(2)16-36(20-7-5-4-6-8-20)26-13-24(31)23(22-11-19(30)9-10-21(22)28(37)38)12-25(26)34-29(39)35-27-15-32-18(3)14-33-27/h9-15,17,20H,4-8,16H2,1-3H3,(H,37,38)(H2,33,34,35,39). The van der Waals surface area contributed by atoms with Crippen molar-refractivity contribution in [1.29, 1.82) is 0 Å². The van der Waals surface area contributed by atoms with Gasteiger partial charge in [-0.25, -0.2) is 23.4 Å². The number of nitrogens with zero attached hydrogens (tertiary/aromatic N) is 3. The largest absolute Gasteiger partial charge is 0.478 e. The third-order valence-corrected chi connectivity index (χ3v) is 6.75. The van der Waals surface area contributed by atoms with E-state index in [4.69, 9.17) is 0 Å². The highest BCUT2D eigenvalue weighted by atomic mass is 19.1. The zero-order valence-electron chi connectivity index (χ0n) is 22.3. The SMILES string of the molecule is Cc1cnc(NC(=O)Nc2cc(-c3cc(F)ccc3C(=O)O)c(F)cc2N(CC(C)C)C2CCCCC2)cn1. The summed E-state index contributed by atoms with van der Waals surface area (Å²) in [6, 6.07) is 5.32. The van der Waals surface area contributed by atoms with Crippen molar-refractivity contribution in [1.82, 2.24) is 9.97 Å². The Morgan fingerprint density at radius 3 is 2.41 bits per heavy atom. The van der Waals surface area contributed by atoms with Crippen LogP contribution in [-0.2, 0) is 0 Å². The monoisotopic (exact) mass is 537 g/mol. The van der Waals surface area contributed by atoms with Crippen LogP contribution in [0.1, 0.15) is 62.0 Å². The second-order valence-electron chi connectivity index (χ2n) is 10.3. The number of carboxylic acids is 1. The first-order valence-corrected chi connectivity index (χ1v) is 13.1. The third kappa shape index (κ3) is 6.87. The molecule has 2 aromatic carbocycles. The van der Waals surface area contributed by atoms with Gasteiger partial charge in [0.2, 0.25) is 0 Å². The van der Waals surface area contributed by atoms with Crippen molar-refractivity contribution in [2.75, 3.05) is 22.1 Å². The van der Waals surface area contributed by atoms with Crippen molar-refractivity contribution in [3.63, 3.8) is 0 Å². The second kappa shape index (κ2) is 12.2. The van der Waals surface area contributed by atoms with Crippen molar-refractivity contribution in [3.8, 4) is 11.1 Å². The quantitative estimate of drug-likeness (QED) is 0.290. The Balaban J connectivity index is 1.81. The summed E-state index contributed by atoms with van der Waals surface area (Å²) < 4.78 is 30.0. The molecule has 8 nitrogen and oxygen atoms in total. The maximum atomic E-state index is 15.8. The van der Waals surface area contributed by atoms with Crippen molar-refractivity contribution in [3.05, 3.63) is 65.6 Å². The van der Waals surface area contributed by atoms with Crippen LogP contribution in [-0.4, -0.2) is 39.7 Å². The Bertz CT molecular complexity index is 1340. The molecule has 1 saturated carbocycles. The molecule has 0 aliphatic heterocycles. The number of hydrogen-bond donors (Lipinski definition) is 3. The molecule has 0 atom stereocenters. The van der Waals surface area contributed by atoms with Crippen LogP contribution in [0.25, 0.3) is 11.1 Å². The first-order valence-electron chi connectivity index (χ1n) is 13.1. The molecule has 1 aromatic heterocycles. The Morgan fingerprint density at radius 1 is 1.03 bits per heavy atom. The van der Waals surface area contributed by atoms with Gasteiger partial charge in [0.25, 0.3) is 0 Å². The number of carbonyl (C=O) groups excluding carboxylic acids is 1. The van der Waals surface area contributed by atoms with Crippen molar-refractivity contribution in [2.45, 2.75) is 58.9 Å². The number of aryl methyl sites for hydroxylation is 1. The average Bonchev–Trinajstić information content (AvgIpc) is 2.89. The third-order valence-electron chi connectivity index (χ3n) is 6.75. The highest BCUT2D eigenvalue weighted by Gasteiger charge is 2.27. The van der Waals surface area contributed by atoms with E-state index in [1.807, 2.05) is 0 Å². The lowest BCUT2D eigenvalue weighted by Crippen LogP contribution is -2.40. The fraction of sp³-hybridized carbons (Fsp3) is 0.379. The number of urea groups is 1. The molecule has 1 aliphatic rings. The van der Waals surface area contributed by atoms with E-state index < -0.39 is 23.6 Å². The van der Waals surface area contributed by atoms with Gasteiger partial charge in [-0.1, -0.05) is 33.1 Å². The number of aromatic nitrogens is 2. The van der Waals surface area contributed by atoms with E-state index in [2.05, 4.69) is 39.3 Å². The van der Waals surface area contributed by atoms with Gasteiger partial charge in [-0.15, -0.1) is 0 Å². The van der Waals surface area contributed by atoms with Crippen LogP contribution < -0.4 is 15.5 Å². The van der Waals surface area contributed by atoms with Crippen molar-refractivity contribution in [2.24, 2.45) is 5.92 Å². The molecule has 10 heteroatoms. The number of anilines is 3. The first kappa shape index (κ1) is 27.9. The minimum Gasteiger partial charge on any atom is -0.478 e. The number of carbonyl (C=O) groups is 2. The highest BCUT2D eigenvalue weighted by molar-refractivity contribution is 6.03. The molecular weight excluding hydrogens is 504 g/mol. The predicted molar refractivity (Wildman–Crippen MR) is 147 cm³/mol. The Labute approximate surface area is 226 Å². The molecule has 206 valence electrons. The number of halogens is 2. The Hall–Kier alpha value is -4.08. The van der Waals surface area contributed by atoms with Crippen LogP contribution in [0.2, 0.25) is 0 Å². The minimum atomic E-state index is -1.32. The van der Waals surface area contributed by atoms with Crippen LogP contribution in [0.15, 0.2) is 42.7 Å². The van der Waals surface area contributed by atoms with Gasteiger partial charge in [-0.2, -0.15) is 0 Å². The van der Waals surface area contributed by atoms with E-state index in [1.54, 1.807) is 6.92 Å². The smallest absolute Gasteiger partial charge is 0.336 e. The van der Waals surface area contributed by atoms with Gasteiger partial charge in [0.05, 0.1) is 35.0 Å². The molecule has 2 amide bonds. The number of hydrogen-bond acceptors (Lipinski definition) is 5. The van der Waals surface area contributed by atoms with Crippen molar-refractivity contribution < 1.29 is 23.5 Å². The normalized spacial score (nSPS) is 13.8. The lowest BCUT2D eigenvalue weighted by Gasteiger charge is -2.38. The van der Waals surface area contributed by atoms with E-state index in [-0.39, 0.29) is 40.2 Å². The zero-order chi connectivity index (χ0) is 28.1. The predicted octanol–water partition coefficient (Wildman–Crippen LogP) is 6.87. The van der Waals surface area contributed by atoms with E-state index in [0.29, 0.717) is 17.9 Å². The van der Waals surface area contributed by atoms with E-state index in [1.165, 1.54) is 24.5 Å². The summed E-state index contributed by atoms with van der Waals surface area (Å²) >= 11 is 0. The summed E-state index contributed by atoms with van der Waals surface area (Å²) in [5, 5.41) is 15.1. The maximum Gasteiger partial charge on any atom is 0.336 e. The van der Waals surface area contributed by atoms with Crippen molar-refractivity contribution >= 4 is 29.2 Å². The number of aromatic carboxylic acids is 1. The summed E-state index contributed by atoms with van der Waals surface area (Å²) in [5.41, 5.74) is 0.944. The van der Waals surface area contributed by atoms with E-state index in [0.717, 1.165) is 50.3 Å². The number of amides is 2. The zero-order valence-corrected chi connectivity index (χ0v) is 22.3. The van der Waals surface area contributed by atoms with Gasteiger partial charge < -0.3 is 15.3 Å². The molecule has 0 bridgehead atoms. The number of rotatable bonds is 8. The summed E-state index contributed by atoms with van der Waals surface area (Å²) in [7, 11) is 0. The molecule has 3 N–H and O–H groups in total. The molecule has 0 saturated heterocycles. The van der Waals surface area contributed by atoms with Gasteiger partial charge in [0.15, 0.2) is 5.82 Å². The lowest BCUT2D eigenvalue weighted by atomic mass is 9.92. The fourth-order valence-corrected chi connectivity index (χ4v) is 4.99. The molecule has 4 rings (SSSR count). The lowest BCUT2D eigenvalue weighted by molar-refractivity contribution is 0.0697. The number of carboxylic acid groups (broad SMARTS) is 1.